The van der Waals surface area contributed by atoms with Gasteiger partial charge >= 0.3 is 0 Å². The third kappa shape index (κ3) is 2.85. The number of hydrogen-bond acceptors (Lipinski definition) is 4. The van der Waals surface area contributed by atoms with Crippen molar-refractivity contribution in [3.8, 4) is 0 Å². The zero-order chi connectivity index (χ0) is 10.7. The van der Waals surface area contributed by atoms with Crippen molar-refractivity contribution >= 4 is 22.9 Å². The molecule has 15 heavy (non-hydrogen) atoms. The molecular weight excluding hydrogens is 214 g/mol. The van der Waals surface area contributed by atoms with Gasteiger partial charge in [-0.15, -0.1) is 0 Å². The van der Waals surface area contributed by atoms with Crippen LogP contribution in [0.5, 0.6) is 0 Å². The van der Waals surface area contributed by atoms with Crippen LogP contribution in [0.25, 0.3) is 0 Å². The minimum Gasteiger partial charge on any atom is -0.351 e. The summed E-state index contributed by atoms with van der Waals surface area (Å²) in [5.74, 6) is 0.510. The molecule has 0 aromatic carbocycles. The number of carbonyl (C=O) groups is 2. The number of rotatable bonds is 2. The summed E-state index contributed by atoms with van der Waals surface area (Å²) < 4.78 is 0. The third-order valence-electron chi connectivity index (χ3n) is 2.68. The molecule has 2 rings (SSSR count). The monoisotopic (exact) mass is 229 g/mol. The van der Waals surface area contributed by atoms with Crippen LogP contribution in [0.15, 0.2) is 0 Å². The van der Waals surface area contributed by atoms with Crippen LogP contribution in [0.3, 0.4) is 0 Å². The predicted molar refractivity (Wildman–Crippen MR) is 58.8 cm³/mol. The van der Waals surface area contributed by atoms with E-state index >= 15 is 0 Å². The van der Waals surface area contributed by atoms with Crippen LogP contribution < -0.4 is 16.0 Å². The van der Waals surface area contributed by atoms with Crippen LogP contribution in [-0.4, -0.2) is 42.1 Å². The lowest BCUT2D eigenvalue weighted by Crippen LogP contribution is -2.49. The van der Waals surface area contributed by atoms with Crippen molar-refractivity contribution in [2.75, 3.05) is 18.8 Å². The molecule has 0 aromatic rings. The summed E-state index contributed by atoms with van der Waals surface area (Å²) >= 11 is 1.17. The molecular formula is C9H15N3O2S. The summed E-state index contributed by atoms with van der Waals surface area (Å²) in [4.78, 5) is 22.6. The van der Waals surface area contributed by atoms with Gasteiger partial charge in [-0.3, -0.25) is 9.59 Å². The number of nitrogens with one attached hydrogen (secondary N) is 3. The van der Waals surface area contributed by atoms with E-state index in [9.17, 15) is 9.59 Å². The quantitative estimate of drug-likeness (QED) is 0.607. The SMILES string of the molecule is O=C1NC(C(=O)NC2CCNCC2)CS1. The van der Waals surface area contributed by atoms with Crippen LogP contribution in [0, 0.1) is 0 Å². The van der Waals surface area contributed by atoms with Crippen molar-refractivity contribution in [2.24, 2.45) is 0 Å². The van der Waals surface area contributed by atoms with Gasteiger partial charge < -0.3 is 16.0 Å². The molecule has 0 radical (unpaired) electrons. The van der Waals surface area contributed by atoms with E-state index in [4.69, 9.17) is 0 Å². The maximum atomic E-state index is 11.7. The molecule has 0 aliphatic carbocycles. The fourth-order valence-electron chi connectivity index (χ4n) is 1.79. The topological polar surface area (TPSA) is 70.2 Å². The number of carbonyl (C=O) groups excluding carboxylic acids is 2. The molecule has 6 heteroatoms. The number of hydrogen-bond donors (Lipinski definition) is 3. The van der Waals surface area contributed by atoms with E-state index in [-0.39, 0.29) is 23.2 Å². The molecule has 1 unspecified atom stereocenters. The summed E-state index contributed by atoms with van der Waals surface area (Å²) in [5, 5.41) is 8.76. The second-order valence-corrected chi connectivity index (χ2v) is 4.82. The van der Waals surface area contributed by atoms with Crippen LogP contribution in [0.2, 0.25) is 0 Å². The Morgan fingerprint density at radius 1 is 1.40 bits per heavy atom. The molecule has 84 valence electrons. The Hall–Kier alpha value is -0.750. The van der Waals surface area contributed by atoms with Crippen molar-refractivity contribution in [1.29, 1.82) is 0 Å². The molecule has 5 nitrogen and oxygen atoms in total. The Morgan fingerprint density at radius 2 is 2.13 bits per heavy atom. The van der Waals surface area contributed by atoms with Gasteiger partial charge in [-0.1, -0.05) is 11.8 Å². The van der Waals surface area contributed by atoms with E-state index in [0.717, 1.165) is 25.9 Å². The molecule has 2 amide bonds. The van der Waals surface area contributed by atoms with Gasteiger partial charge in [-0.25, -0.2) is 0 Å². The highest BCUT2D eigenvalue weighted by Gasteiger charge is 2.29. The van der Waals surface area contributed by atoms with E-state index in [1.807, 2.05) is 0 Å². The first kappa shape index (κ1) is 10.8. The molecule has 2 heterocycles. The Kier molecular flexibility index (Phi) is 3.48. The van der Waals surface area contributed by atoms with Crippen molar-refractivity contribution in [1.82, 2.24) is 16.0 Å². The number of piperidine rings is 1. The fourth-order valence-corrected chi connectivity index (χ4v) is 2.57. The van der Waals surface area contributed by atoms with Gasteiger partial charge in [-0.2, -0.15) is 0 Å². The average molecular weight is 229 g/mol. The molecule has 0 bridgehead atoms. The third-order valence-corrected chi connectivity index (χ3v) is 3.56. The predicted octanol–water partition coefficient (Wildman–Crippen LogP) is -0.320. The Bertz CT molecular complexity index is 266. The van der Waals surface area contributed by atoms with Crippen molar-refractivity contribution in [3.05, 3.63) is 0 Å². The summed E-state index contributed by atoms with van der Waals surface area (Å²) in [6, 6.07) is -0.0707. The van der Waals surface area contributed by atoms with Crippen LogP contribution >= 0.6 is 11.8 Å². The Morgan fingerprint density at radius 3 is 2.73 bits per heavy atom. The Balaban J connectivity index is 1.78. The lowest BCUT2D eigenvalue weighted by molar-refractivity contribution is -0.123. The first-order valence-electron chi connectivity index (χ1n) is 5.20. The lowest BCUT2D eigenvalue weighted by Gasteiger charge is -2.24. The largest absolute Gasteiger partial charge is 0.351 e. The van der Waals surface area contributed by atoms with Gasteiger partial charge in [0.2, 0.25) is 5.91 Å². The van der Waals surface area contributed by atoms with Crippen LogP contribution in [0.1, 0.15) is 12.8 Å². The lowest BCUT2D eigenvalue weighted by atomic mass is 10.1. The molecule has 0 spiro atoms. The molecule has 0 saturated carbocycles. The van der Waals surface area contributed by atoms with Crippen LogP contribution in [0.4, 0.5) is 4.79 Å². The van der Waals surface area contributed by atoms with Crippen molar-refractivity contribution < 1.29 is 9.59 Å². The van der Waals surface area contributed by atoms with E-state index in [2.05, 4.69) is 16.0 Å². The van der Waals surface area contributed by atoms with E-state index in [1.165, 1.54) is 11.8 Å². The fraction of sp³-hybridized carbons (Fsp3) is 0.778. The molecule has 2 aliphatic rings. The van der Waals surface area contributed by atoms with Gasteiger partial charge in [0.15, 0.2) is 0 Å². The van der Waals surface area contributed by atoms with Gasteiger partial charge in [-0.05, 0) is 25.9 Å². The van der Waals surface area contributed by atoms with Crippen LogP contribution in [-0.2, 0) is 4.79 Å². The normalized spacial score (nSPS) is 27.5. The summed E-state index contributed by atoms with van der Waals surface area (Å²) in [6.07, 6.45) is 1.94. The molecule has 2 fully saturated rings. The van der Waals surface area contributed by atoms with Gasteiger partial charge in [0.05, 0.1) is 0 Å². The zero-order valence-electron chi connectivity index (χ0n) is 8.41. The highest BCUT2D eigenvalue weighted by atomic mass is 32.2. The number of thioether (sulfide) groups is 1. The first-order valence-corrected chi connectivity index (χ1v) is 6.18. The minimum atomic E-state index is -0.336. The standard InChI is InChI=1S/C9H15N3O2S/c13-8(7-5-15-9(14)12-7)11-6-1-3-10-4-2-6/h6-7,10H,1-5H2,(H,11,13)(H,12,14). The first-order chi connectivity index (χ1) is 7.25. The Labute approximate surface area is 92.7 Å². The van der Waals surface area contributed by atoms with Crippen molar-refractivity contribution in [3.63, 3.8) is 0 Å². The average Bonchev–Trinajstić information content (AvgIpc) is 2.66. The smallest absolute Gasteiger partial charge is 0.279 e. The second-order valence-electron chi connectivity index (χ2n) is 3.83. The molecule has 2 aliphatic heterocycles. The van der Waals surface area contributed by atoms with E-state index < -0.39 is 0 Å². The molecule has 2 saturated heterocycles. The highest BCUT2D eigenvalue weighted by Crippen LogP contribution is 2.13. The molecule has 0 aromatic heterocycles. The van der Waals surface area contributed by atoms with Gasteiger partial charge in [0.1, 0.15) is 6.04 Å². The minimum absolute atomic E-state index is 0.0414. The number of amides is 2. The molecule has 3 N–H and O–H groups in total. The highest BCUT2D eigenvalue weighted by molar-refractivity contribution is 8.14. The van der Waals surface area contributed by atoms with Crippen molar-refractivity contribution in [2.45, 2.75) is 24.9 Å². The summed E-state index contributed by atoms with van der Waals surface area (Å²) in [6.45, 7) is 1.91. The van der Waals surface area contributed by atoms with E-state index in [0.29, 0.717) is 5.75 Å². The maximum Gasteiger partial charge on any atom is 0.279 e. The molecule has 1 atom stereocenters. The van der Waals surface area contributed by atoms with E-state index in [1.54, 1.807) is 0 Å². The summed E-state index contributed by atoms with van der Waals surface area (Å²) in [7, 11) is 0. The zero-order valence-corrected chi connectivity index (χ0v) is 9.23. The second kappa shape index (κ2) is 4.85. The summed E-state index contributed by atoms with van der Waals surface area (Å²) in [5.41, 5.74) is 0. The maximum absolute atomic E-state index is 11.7. The van der Waals surface area contributed by atoms with Gasteiger partial charge in [0, 0.05) is 11.8 Å². The van der Waals surface area contributed by atoms with Gasteiger partial charge in [0.25, 0.3) is 5.24 Å².